The SMILES string of the molecule is COc1ccc(C2=C[C@@H](c3cc(OC)c(OC)c(OC)c3)n3ncc(C(=O)Nc4ccc(Cl)cc4)c3N2)cc1. The van der Waals surface area contributed by atoms with Crippen LogP contribution in [0.2, 0.25) is 5.02 Å². The number of carbonyl (C=O) groups excluding carboxylic acids is 1. The number of rotatable bonds is 8. The molecule has 1 aromatic heterocycles. The average Bonchev–Trinajstić information content (AvgIpc) is 3.41. The molecule has 2 N–H and O–H groups in total. The molecule has 0 unspecified atom stereocenters. The minimum atomic E-state index is -0.399. The van der Waals surface area contributed by atoms with Gasteiger partial charge in [0.15, 0.2) is 11.5 Å². The first-order valence-corrected chi connectivity index (χ1v) is 12.4. The van der Waals surface area contributed by atoms with Crippen molar-refractivity contribution in [3.05, 3.63) is 94.6 Å². The van der Waals surface area contributed by atoms with Crippen LogP contribution in [-0.4, -0.2) is 44.1 Å². The Morgan fingerprint density at radius 2 is 1.59 bits per heavy atom. The number of ether oxygens (including phenoxy) is 4. The lowest BCUT2D eigenvalue weighted by molar-refractivity contribution is 0.102. The van der Waals surface area contributed by atoms with Crippen LogP contribution >= 0.6 is 11.6 Å². The molecule has 9 nitrogen and oxygen atoms in total. The Hall–Kier alpha value is -4.63. The fourth-order valence-corrected chi connectivity index (χ4v) is 4.57. The lowest BCUT2D eigenvalue weighted by Gasteiger charge is -2.27. The highest BCUT2D eigenvalue weighted by Gasteiger charge is 2.29. The number of aromatic nitrogens is 2. The van der Waals surface area contributed by atoms with Crippen LogP contribution in [0.25, 0.3) is 5.70 Å². The summed E-state index contributed by atoms with van der Waals surface area (Å²) in [6, 6.07) is 17.9. The molecule has 39 heavy (non-hydrogen) atoms. The van der Waals surface area contributed by atoms with E-state index in [1.165, 1.54) is 0 Å². The molecule has 10 heteroatoms. The maximum atomic E-state index is 13.4. The zero-order valence-electron chi connectivity index (χ0n) is 21.8. The van der Waals surface area contributed by atoms with Gasteiger partial charge in [0.1, 0.15) is 17.1 Å². The van der Waals surface area contributed by atoms with Crippen molar-refractivity contribution in [2.45, 2.75) is 6.04 Å². The first-order valence-electron chi connectivity index (χ1n) is 12.0. The van der Waals surface area contributed by atoms with E-state index >= 15 is 0 Å². The van der Waals surface area contributed by atoms with Crippen LogP contribution < -0.4 is 29.6 Å². The number of methoxy groups -OCH3 is 4. The van der Waals surface area contributed by atoms with Gasteiger partial charge in [-0.25, -0.2) is 4.68 Å². The number of benzene rings is 3. The molecule has 4 aromatic rings. The Morgan fingerprint density at radius 3 is 2.18 bits per heavy atom. The molecule has 1 aliphatic heterocycles. The average molecular weight is 547 g/mol. The Bertz CT molecular complexity index is 1510. The second-order valence-electron chi connectivity index (χ2n) is 8.65. The Balaban J connectivity index is 1.60. The number of anilines is 2. The van der Waals surface area contributed by atoms with Gasteiger partial charge in [0.05, 0.1) is 40.7 Å². The van der Waals surface area contributed by atoms with E-state index in [0.29, 0.717) is 39.3 Å². The van der Waals surface area contributed by atoms with Crippen LogP contribution in [0.5, 0.6) is 23.0 Å². The van der Waals surface area contributed by atoms with Gasteiger partial charge < -0.3 is 29.6 Å². The molecule has 0 saturated heterocycles. The van der Waals surface area contributed by atoms with Crippen molar-refractivity contribution in [3.8, 4) is 23.0 Å². The summed E-state index contributed by atoms with van der Waals surface area (Å²) in [6.45, 7) is 0. The fourth-order valence-electron chi connectivity index (χ4n) is 4.44. The number of carbonyl (C=O) groups is 1. The minimum Gasteiger partial charge on any atom is -0.497 e. The highest BCUT2D eigenvalue weighted by atomic mass is 35.5. The third-order valence-corrected chi connectivity index (χ3v) is 6.66. The van der Waals surface area contributed by atoms with E-state index in [1.54, 1.807) is 63.6 Å². The summed E-state index contributed by atoms with van der Waals surface area (Å²) >= 11 is 6.00. The van der Waals surface area contributed by atoms with Crippen molar-refractivity contribution >= 4 is 34.7 Å². The molecule has 0 aliphatic carbocycles. The molecule has 0 radical (unpaired) electrons. The van der Waals surface area contributed by atoms with E-state index in [1.807, 2.05) is 42.5 Å². The van der Waals surface area contributed by atoms with Crippen LogP contribution in [0.4, 0.5) is 11.5 Å². The minimum absolute atomic E-state index is 0.314. The molecule has 0 spiro atoms. The van der Waals surface area contributed by atoms with Crippen molar-refractivity contribution in [1.29, 1.82) is 0 Å². The lowest BCUT2D eigenvalue weighted by Crippen LogP contribution is -2.22. The van der Waals surface area contributed by atoms with Crippen molar-refractivity contribution in [2.75, 3.05) is 39.1 Å². The number of amides is 1. The fraction of sp³-hybridized carbons (Fsp3) is 0.172. The van der Waals surface area contributed by atoms with Gasteiger partial charge in [0.2, 0.25) is 5.75 Å². The highest BCUT2D eigenvalue weighted by Crippen LogP contribution is 2.43. The van der Waals surface area contributed by atoms with E-state index in [2.05, 4.69) is 15.7 Å². The molecular weight excluding hydrogens is 520 g/mol. The zero-order chi connectivity index (χ0) is 27.5. The Kier molecular flexibility index (Phi) is 7.33. The molecular formula is C29H27ClN4O5. The number of allylic oxidation sites excluding steroid dienone is 1. The molecule has 1 aliphatic rings. The molecule has 5 rings (SSSR count). The number of fused-ring (bicyclic) bond motifs is 1. The van der Waals surface area contributed by atoms with E-state index in [0.717, 1.165) is 22.6 Å². The summed E-state index contributed by atoms with van der Waals surface area (Å²) in [5, 5.41) is 11.5. The molecule has 3 aromatic carbocycles. The van der Waals surface area contributed by atoms with Crippen molar-refractivity contribution in [2.24, 2.45) is 0 Å². The van der Waals surface area contributed by atoms with E-state index in [-0.39, 0.29) is 5.91 Å². The summed E-state index contributed by atoms with van der Waals surface area (Å²) in [5.74, 6) is 2.47. The van der Waals surface area contributed by atoms with Crippen molar-refractivity contribution < 1.29 is 23.7 Å². The predicted octanol–water partition coefficient (Wildman–Crippen LogP) is 5.88. The summed E-state index contributed by atoms with van der Waals surface area (Å²) in [6.07, 6.45) is 3.58. The van der Waals surface area contributed by atoms with Crippen LogP contribution in [0.1, 0.15) is 27.5 Å². The predicted molar refractivity (Wildman–Crippen MR) is 150 cm³/mol. The normalized spacial score (nSPS) is 14.0. The summed E-state index contributed by atoms with van der Waals surface area (Å²) in [5.41, 5.74) is 3.52. The Labute approximate surface area is 230 Å². The van der Waals surface area contributed by atoms with Gasteiger partial charge in [0, 0.05) is 16.4 Å². The first kappa shape index (κ1) is 26.0. The third-order valence-electron chi connectivity index (χ3n) is 6.41. The molecule has 0 saturated carbocycles. The smallest absolute Gasteiger partial charge is 0.261 e. The van der Waals surface area contributed by atoms with Crippen LogP contribution in [0.15, 0.2) is 72.9 Å². The van der Waals surface area contributed by atoms with Gasteiger partial charge in [-0.2, -0.15) is 5.10 Å². The largest absolute Gasteiger partial charge is 0.497 e. The number of hydrogen-bond acceptors (Lipinski definition) is 7. The summed E-state index contributed by atoms with van der Waals surface area (Å²) in [4.78, 5) is 13.4. The van der Waals surface area contributed by atoms with E-state index < -0.39 is 6.04 Å². The van der Waals surface area contributed by atoms with Crippen LogP contribution in [-0.2, 0) is 0 Å². The molecule has 1 amide bonds. The molecule has 2 heterocycles. The third kappa shape index (κ3) is 5.08. The number of nitrogens with zero attached hydrogens (tertiary/aromatic N) is 2. The molecule has 200 valence electrons. The number of hydrogen-bond donors (Lipinski definition) is 2. The van der Waals surface area contributed by atoms with Gasteiger partial charge in [-0.3, -0.25) is 4.79 Å². The summed E-state index contributed by atoms with van der Waals surface area (Å²) in [7, 11) is 6.32. The Morgan fingerprint density at radius 1 is 0.923 bits per heavy atom. The first-order chi connectivity index (χ1) is 18.9. The van der Waals surface area contributed by atoms with Gasteiger partial charge in [-0.05, 0) is 77.9 Å². The van der Waals surface area contributed by atoms with E-state index in [9.17, 15) is 4.79 Å². The van der Waals surface area contributed by atoms with Crippen molar-refractivity contribution in [1.82, 2.24) is 9.78 Å². The maximum absolute atomic E-state index is 13.4. The summed E-state index contributed by atoms with van der Waals surface area (Å²) < 4.78 is 23.8. The molecule has 1 atom stereocenters. The zero-order valence-corrected chi connectivity index (χ0v) is 22.6. The number of halogens is 1. The molecule has 0 fully saturated rings. The van der Waals surface area contributed by atoms with Gasteiger partial charge >= 0.3 is 0 Å². The second kappa shape index (κ2) is 11.0. The van der Waals surface area contributed by atoms with Gasteiger partial charge in [-0.15, -0.1) is 0 Å². The topological polar surface area (TPSA) is 95.9 Å². The van der Waals surface area contributed by atoms with Crippen molar-refractivity contribution in [3.63, 3.8) is 0 Å². The lowest BCUT2D eigenvalue weighted by atomic mass is 10.00. The van der Waals surface area contributed by atoms with E-state index in [4.69, 9.17) is 30.5 Å². The standard InChI is InChI=1S/C29H27ClN4O5/c1-36-21-11-5-17(6-12-21)23-15-24(18-13-25(37-2)27(39-4)26(14-18)38-3)34-28(33-23)22(16-31-34)29(35)32-20-9-7-19(30)8-10-20/h5-16,24,33H,1-4H3,(H,32,35)/t24-/m0/s1. The highest BCUT2D eigenvalue weighted by molar-refractivity contribution is 6.30. The monoisotopic (exact) mass is 546 g/mol. The van der Waals surface area contributed by atoms with Gasteiger partial charge in [-0.1, -0.05) is 11.6 Å². The van der Waals surface area contributed by atoms with Gasteiger partial charge in [0.25, 0.3) is 5.91 Å². The molecule has 0 bridgehead atoms. The maximum Gasteiger partial charge on any atom is 0.261 e. The van der Waals surface area contributed by atoms with Crippen LogP contribution in [0.3, 0.4) is 0 Å². The van der Waals surface area contributed by atoms with Crippen LogP contribution in [0, 0.1) is 0 Å². The second-order valence-corrected chi connectivity index (χ2v) is 9.09. The quantitative estimate of drug-likeness (QED) is 0.285. The number of nitrogens with one attached hydrogen (secondary N) is 2.